The summed E-state index contributed by atoms with van der Waals surface area (Å²) >= 11 is 0. The number of aliphatic imine (C=N–C) groups is 1. The molecule has 0 aliphatic carbocycles. The zero-order valence-corrected chi connectivity index (χ0v) is 9.25. The molecule has 0 radical (unpaired) electrons. The fourth-order valence-electron chi connectivity index (χ4n) is 1.12. The molecule has 0 saturated carbocycles. The van der Waals surface area contributed by atoms with E-state index in [4.69, 9.17) is 5.11 Å². The molecule has 0 aromatic heterocycles. The van der Waals surface area contributed by atoms with E-state index < -0.39 is 11.7 Å². The first-order valence-electron chi connectivity index (χ1n) is 4.17. The Bertz CT molecular complexity index is 398. The van der Waals surface area contributed by atoms with Gasteiger partial charge in [-0.05, 0) is 5.56 Å². The maximum absolute atomic E-state index is 10.7. The van der Waals surface area contributed by atoms with E-state index >= 15 is 0 Å². The predicted molar refractivity (Wildman–Crippen MR) is 61.7 cm³/mol. The summed E-state index contributed by atoms with van der Waals surface area (Å²) < 4.78 is 0. The van der Waals surface area contributed by atoms with Crippen molar-refractivity contribution in [1.29, 1.82) is 0 Å². The van der Waals surface area contributed by atoms with Crippen LogP contribution in [0.15, 0.2) is 35.3 Å². The molecule has 1 aromatic rings. The van der Waals surface area contributed by atoms with E-state index in [1.165, 1.54) is 0 Å². The molecule has 0 bridgehead atoms. The Labute approximate surface area is 102 Å². The molecule has 0 fully saturated rings. The minimum absolute atomic E-state index is 0. The summed E-state index contributed by atoms with van der Waals surface area (Å²) in [6, 6.07) is 8.42. The van der Waals surface area contributed by atoms with Gasteiger partial charge in [0.15, 0.2) is 0 Å². The number of aliphatic hydroxyl groups is 1. The van der Waals surface area contributed by atoms with Crippen LogP contribution in [0.1, 0.15) is 5.56 Å². The molecule has 1 unspecified atom stereocenters. The topological polar surface area (TPSA) is 181 Å². The van der Waals surface area contributed by atoms with E-state index in [0.29, 0.717) is 5.56 Å². The van der Waals surface area contributed by atoms with Crippen molar-refractivity contribution in [2.45, 2.75) is 12.1 Å². The lowest BCUT2D eigenvalue weighted by Gasteiger charge is -2.16. The standard InChI is InChI=1S/C10H9NO4.3H2O/c12-7-11-10(15,9(13)14)6-8-4-2-1-3-5-8;;;/h1-5,15H,6H2,(H,13,14);3*1H2. The van der Waals surface area contributed by atoms with Gasteiger partial charge in [-0.3, -0.25) is 0 Å². The Morgan fingerprint density at radius 3 is 2.11 bits per heavy atom. The van der Waals surface area contributed by atoms with Crippen molar-refractivity contribution >= 4 is 12.0 Å². The Morgan fingerprint density at radius 2 is 1.72 bits per heavy atom. The minimum atomic E-state index is -2.43. The number of isocyanates is 1. The highest BCUT2D eigenvalue weighted by atomic mass is 16.4. The van der Waals surface area contributed by atoms with Crippen LogP contribution in [0.25, 0.3) is 0 Å². The highest BCUT2D eigenvalue weighted by molar-refractivity contribution is 5.78. The molecule has 8 nitrogen and oxygen atoms in total. The van der Waals surface area contributed by atoms with Gasteiger partial charge in [0, 0.05) is 6.42 Å². The van der Waals surface area contributed by atoms with Gasteiger partial charge < -0.3 is 26.6 Å². The normalized spacial score (nSPS) is 11.4. The van der Waals surface area contributed by atoms with Crippen molar-refractivity contribution in [3.63, 3.8) is 0 Å². The maximum atomic E-state index is 10.7. The smallest absolute Gasteiger partial charge is 0.360 e. The van der Waals surface area contributed by atoms with Crippen molar-refractivity contribution in [2.75, 3.05) is 0 Å². The molecule has 0 saturated heterocycles. The lowest BCUT2D eigenvalue weighted by molar-refractivity contribution is -0.157. The van der Waals surface area contributed by atoms with Crippen molar-refractivity contribution in [3.05, 3.63) is 35.9 Å². The molecule has 0 amide bonds. The third-order valence-corrected chi connectivity index (χ3v) is 1.87. The number of benzene rings is 1. The minimum Gasteiger partial charge on any atom is -0.478 e. The number of carboxylic acids is 1. The molecule has 1 rings (SSSR count). The van der Waals surface area contributed by atoms with Crippen LogP contribution in [0.2, 0.25) is 0 Å². The largest absolute Gasteiger partial charge is 0.478 e. The maximum Gasteiger partial charge on any atom is 0.360 e. The first-order chi connectivity index (χ1) is 7.08. The van der Waals surface area contributed by atoms with Gasteiger partial charge in [0.25, 0.3) is 5.72 Å². The van der Waals surface area contributed by atoms with Crippen molar-refractivity contribution in [1.82, 2.24) is 0 Å². The number of hydrogen-bond donors (Lipinski definition) is 2. The Kier molecular flexibility index (Phi) is 10.6. The molecule has 18 heavy (non-hydrogen) atoms. The van der Waals surface area contributed by atoms with Crippen LogP contribution in [0, 0.1) is 0 Å². The highest BCUT2D eigenvalue weighted by Gasteiger charge is 2.36. The van der Waals surface area contributed by atoms with Crippen LogP contribution >= 0.6 is 0 Å². The lowest BCUT2D eigenvalue weighted by Crippen LogP contribution is -2.38. The van der Waals surface area contributed by atoms with E-state index in [-0.39, 0.29) is 22.8 Å². The molecule has 0 heterocycles. The molecule has 8 heteroatoms. The van der Waals surface area contributed by atoms with Crippen LogP contribution in [0.3, 0.4) is 0 Å². The van der Waals surface area contributed by atoms with Crippen molar-refractivity contribution in [3.8, 4) is 0 Å². The van der Waals surface area contributed by atoms with E-state index in [9.17, 15) is 14.7 Å². The quantitative estimate of drug-likeness (QED) is 0.463. The van der Waals surface area contributed by atoms with Gasteiger partial charge in [0.05, 0.1) is 0 Å². The SMILES string of the molecule is O.O.O.O=C=NC(O)(Cc1ccccc1)C(=O)O. The zero-order valence-electron chi connectivity index (χ0n) is 9.25. The Morgan fingerprint density at radius 1 is 1.22 bits per heavy atom. The number of aliphatic carboxylic acids is 1. The van der Waals surface area contributed by atoms with E-state index in [2.05, 4.69) is 4.99 Å². The second-order valence-electron chi connectivity index (χ2n) is 2.99. The number of hydrogen-bond acceptors (Lipinski definition) is 4. The Balaban J connectivity index is -0.000000750. The lowest BCUT2D eigenvalue weighted by atomic mass is 10.0. The summed E-state index contributed by atoms with van der Waals surface area (Å²) in [6.07, 6.45) is 0.789. The number of rotatable bonds is 4. The van der Waals surface area contributed by atoms with Crippen LogP contribution in [0.4, 0.5) is 0 Å². The third kappa shape index (κ3) is 5.30. The van der Waals surface area contributed by atoms with Crippen LogP contribution in [-0.2, 0) is 16.0 Å². The molecular formula is C10H15NO7. The third-order valence-electron chi connectivity index (χ3n) is 1.87. The van der Waals surface area contributed by atoms with Crippen molar-refractivity contribution < 1.29 is 36.2 Å². The van der Waals surface area contributed by atoms with Gasteiger partial charge >= 0.3 is 5.97 Å². The summed E-state index contributed by atoms with van der Waals surface area (Å²) in [6.45, 7) is 0. The number of carbonyl (C=O) groups excluding carboxylic acids is 1. The molecule has 0 aliphatic heterocycles. The van der Waals surface area contributed by atoms with Gasteiger partial charge in [0.1, 0.15) is 0 Å². The molecule has 0 aliphatic rings. The Hall–Kier alpha value is -2.09. The summed E-state index contributed by atoms with van der Waals surface area (Å²) in [7, 11) is 0. The number of carboxylic acid groups (broad SMARTS) is 1. The summed E-state index contributed by atoms with van der Waals surface area (Å²) in [5, 5.41) is 18.2. The van der Waals surface area contributed by atoms with Gasteiger partial charge in [-0.15, -0.1) is 0 Å². The van der Waals surface area contributed by atoms with Crippen LogP contribution in [-0.4, -0.2) is 44.4 Å². The number of nitrogens with zero attached hydrogens (tertiary/aromatic N) is 1. The summed E-state index contributed by atoms with van der Waals surface area (Å²) in [5.74, 6) is -1.57. The average molecular weight is 261 g/mol. The van der Waals surface area contributed by atoms with E-state index in [1.807, 2.05) is 0 Å². The molecule has 8 N–H and O–H groups in total. The molecule has 1 aromatic carbocycles. The average Bonchev–Trinajstić information content (AvgIpc) is 2.19. The molecule has 1 atom stereocenters. The summed E-state index contributed by atoms with van der Waals surface area (Å²) in [5.41, 5.74) is -1.86. The van der Waals surface area contributed by atoms with E-state index in [0.717, 1.165) is 6.08 Å². The first-order valence-corrected chi connectivity index (χ1v) is 4.17. The zero-order chi connectivity index (χ0) is 11.3. The van der Waals surface area contributed by atoms with Crippen LogP contribution < -0.4 is 0 Å². The van der Waals surface area contributed by atoms with Crippen molar-refractivity contribution in [2.24, 2.45) is 4.99 Å². The first kappa shape index (κ1) is 21.2. The fourth-order valence-corrected chi connectivity index (χ4v) is 1.12. The molecular weight excluding hydrogens is 246 g/mol. The van der Waals surface area contributed by atoms with Gasteiger partial charge in [-0.25, -0.2) is 9.59 Å². The fraction of sp³-hybridized carbons (Fsp3) is 0.200. The monoisotopic (exact) mass is 261 g/mol. The van der Waals surface area contributed by atoms with Gasteiger partial charge in [0.2, 0.25) is 6.08 Å². The second kappa shape index (κ2) is 8.99. The second-order valence-corrected chi connectivity index (χ2v) is 2.99. The number of carbonyl (C=O) groups is 1. The predicted octanol–water partition coefficient (Wildman–Crippen LogP) is -2.14. The molecule has 102 valence electrons. The highest BCUT2D eigenvalue weighted by Crippen LogP contribution is 2.14. The van der Waals surface area contributed by atoms with E-state index in [1.54, 1.807) is 30.3 Å². The van der Waals surface area contributed by atoms with Crippen LogP contribution in [0.5, 0.6) is 0 Å². The van der Waals surface area contributed by atoms with Gasteiger partial charge in [-0.2, -0.15) is 4.99 Å². The van der Waals surface area contributed by atoms with Gasteiger partial charge in [-0.1, -0.05) is 30.3 Å². The summed E-state index contributed by atoms with van der Waals surface area (Å²) in [4.78, 5) is 23.6. The molecule has 0 spiro atoms.